The molecule has 17 heavy (non-hydrogen) atoms. The topological polar surface area (TPSA) is 15.3 Å². The van der Waals surface area contributed by atoms with E-state index in [9.17, 15) is 0 Å². The minimum absolute atomic E-state index is 0.717. The van der Waals surface area contributed by atoms with E-state index in [-0.39, 0.29) is 0 Å². The highest BCUT2D eigenvalue weighted by Gasteiger charge is 2.30. The lowest BCUT2D eigenvalue weighted by Crippen LogP contribution is -2.59. The molecule has 1 heterocycles. The van der Waals surface area contributed by atoms with Crippen molar-refractivity contribution < 1.29 is 0 Å². The Labute approximate surface area is 108 Å². The molecule has 1 rings (SSSR count). The molecule has 1 aliphatic rings. The van der Waals surface area contributed by atoms with Crippen LogP contribution >= 0.6 is 0 Å². The van der Waals surface area contributed by atoms with E-state index in [1.54, 1.807) is 0 Å². The minimum Gasteiger partial charge on any atom is -0.311 e. The predicted molar refractivity (Wildman–Crippen MR) is 76.5 cm³/mol. The van der Waals surface area contributed by atoms with Crippen LogP contribution in [0.25, 0.3) is 0 Å². The zero-order chi connectivity index (χ0) is 12.7. The summed E-state index contributed by atoms with van der Waals surface area (Å²) in [4.78, 5) is 2.82. The first-order valence-corrected chi connectivity index (χ1v) is 7.75. The normalized spacial score (nSPS) is 26.6. The molecule has 2 nitrogen and oxygen atoms in total. The Kier molecular flexibility index (Phi) is 7.14. The Morgan fingerprint density at radius 2 is 1.71 bits per heavy atom. The van der Waals surface area contributed by atoms with Gasteiger partial charge < -0.3 is 5.32 Å². The molecule has 1 aliphatic heterocycles. The Balaban J connectivity index is 2.64. The van der Waals surface area contributed by atoms with Gasteiger partial charge in [0.05, 0.1) is 0 Å². The van der Waals surface area contributed by atoms with Gasteiger partial charge in [-0.3, -0.25) is 4.90 Å². The number of hydrogen-bond acceptors (Lipinski definition) is 2. The lowest BCUT2D eigenvalue weighted by Gasteiger charge is -2.44. The van der Waals surface area contributed by atoms with Crippen LogP contribution in [-0.2, 0) is 0 Å². The van der Waals surface area contributed by atoms with E-state index in [0.29, 0.717) is 6.04 Å². The van der Waals surface area contributed by atoms with Gasteiger partial charge in [0.2, 0.25) is 0 Å². The maximum atomic E-state index is 3.70. The van der Waals surface area contributed by atoms with Crippen molar-refractivity contribution in [2.45, 2.75) is 84.3 Å². The molecule has 0 bridgehead atoms. The fourth-order valence-corrected chi connectivity index (χ4v) is 3.13. The summed E-state index contributed by atoms with van der Waals surface area (Å²) >= 11 is 0. The van der Waals surface area contributed by atoms with Crippen LogP contribution in [0.4, 0.5) is 0 Å². The smallest absolute Gasteiger partial charge is 0.0221 e. The average molecular weight is 240 g/mol. The summed E-state index contributed by atoms with van der Waals surface area (Å²) in [6.07, 6.45) is 7.94. The third-order valence-corrected chi connectivity index (χ3v) is 4.22. The summed E-state index contributed by atoms with van der Waals surface area (Å²) in [6, 6.07) is 2.31. The lowest BCUT2D eigenvalue weighted by molar-refractivity contribution is 0.0679. The molecule has 1 N–H and O–H groups in total. The van der Waals surface area contributed by atoms with Gasteiger partial charge in [-0.05, 0) is 25.7 Å². The largest absolute Gasteiger partial charge is 0.311 e. The summed E-state index contributed by atoms with van der Waals surface area (Å²) in [7, 11) is 0. The standard InChI is InChI=1S/C15H32N2/c1-5-9-15(10-6-2)17-12-13(7-3)16-11-14(17)8-4/h13-16H,5-12H2,1-4H3. The molecular formula is C15H32N2. The van der Waals surface area contributed by atoms with Crippen LogP contribution in [0.15, 0.2) is 0 Å². The molecular weight excluding hydrogens is 208 g/mol. The van der Waals surface area contributed by atoms with Crippen molar-refractivity contribution in [1.82, 2.24) is 10.2 Å². The molecule has 0 spiro atoms. The zero-order valence-electron chi connectivity index (χ0n) is 12.3. The van der Waals surface area contributed by atoms with Gasteiger partial charge in [0.1, 0.15) is 0 Å². The monoisotopic (exact) mass is 240 g/mol. The highest BCUT2D eigenvalue weighted by atomic mass is 15.3. The first-order chi connectivity index (χ1) is 8.26. The molecule has 0 aromatic heterocycles. The van der Waals surface area contributed by atoms with Crippen LogP contribution in [0.1, 0.15) is 66.2 Å². The summed E-state index contributed by atoms with van der Waals surface area (Å²) in [6.45, 7) is 11.7. The van der Waals surface area contributed by atoms with Crippen LogP contribution in [0.5, 0.6) is 0 Å². The maximum absolute atomic E-state index is 3.70. The van der Waals surface area contributed by atoms with Crippen molar-refractivity contribution in [3.63, 3.8) is 0 Å². The summed E-state index contributed by atoms with van der Waals surface area (Å²) < 4.78 is 0. The number of piperazine rings is 1. The van der Waals surface area contributed by atoms with Crippen LogP contribution < -0.4 is 5.32 Å². The Bertz CT molecular complexity index is 187. The second kappa shape index (κ2) is 8.10. The van der Waals surface area contributed by atoms with Crippen molar-refractivity contribution in [1.29, 1.82) is 0 Å². The van der Waals surface area contributed by atoms with Gasteiger partial charge in [0, 0.05) is 31.2 Å². The van der Waals surface area contributed by atoms with Gasteiger partial charge in [-0.15, -0.1) is 0 Å². The predicted octanol–water partition coefficient (Wildman–Crippen LogP) is 3.42. The molecule has 1 saturated heterocycles. The van der Waals surface area contributed by atoms with Crippen molar-refractivity contribution in [2.75, 3.05) is 13.1 Å². The minimum atomic E-state index is 0.717. The Morgan fingerprint density at radius 3 is 2.18 bits per heavy atom. The fraction of sp³-hybridized carbons (Fsp3) is 1.00. The van der Waals surface area contributed by atoms with Gasteiger partial charge in [-0.1, -0.05) is 40.5 Å². The molecule has 0 aromatic carbocycles. The van der Waals surface area contributed by atoms with E-state index in [2.05, 4.69) is 37.9 Å². The molecule has 0 saturated carbocycles. The van der Waals surface area contributed by atoms with E-state index in [1.165, 1.54) is 51.6 Å². The van der Waals surface area contributed by atoms with Gasteiger partial charge in [0.25, 0.3) is 0 Å². The van der Waals surface area contributed by atoms with Crippen molar-refractivity contribution >= 4 is 0 Å². The lowest BCUT2D eigenvalue weighted by atomic mass is 9.97. The van der Waals surface area contributed by atoms with Gasteiger partial charge >= 0.3 is 0 Å². The summed E-state index contributed by atoms with van der Waals surface area (Å²) in [5, 5.41) is 3.70. The number of nitrogens with zero attached hydrogens (tertiary/aromatic N) is 1. The SMILES string of the molecule is CCCC(CCC)N1CC(CC)NCC1CC. The van der Waals surface area contributed by atoms with E-state index in [4.69, 9.17) is 0 Å². The first kappa shape index (κ1) is 15.0. The highest BCUT2D eigenvalue weighted by Crippen LogP contribution is 2.21. The van der Waals surface area contributed by atoms with E-state index < -0.39 is 0 Å². The van der Waals surface area contributed by atoms with Crippen LogP contribution in [0.2, 0.25) is 0 Å². The Morgan fingerprint density at radius 1 is 1.06 bits per heavy atom. The second-order valence-corrected chi connectivity index (χ2v) is 5.50. The molecule has 2 heteroatoms. The molecule has 102 valence electrons. The van der Waals surface area contributed by atoms with Crippen LogP contribution in [0.3, 0.4) is 0 Å². The number of nitrogens with one attached hydrogen (secondary N) is 1. The summed E-state index contributed by atoms with van der Waals surface area (Å²) in [5.41, 5.74) is 0. The van der Waals surface area contributed by atoms with E-state index in [0.717, 1.165) is 12.1 Å². The molecule has 1 fully saturated rings. The van der Waals surface area contributed by atoms with Gasteiger partial charge in [0.15, 0.2) is 0 Å². The molecule has 0 amide bonds. The van der Waals surface area contributed by atoms with Crippen molar-refractivity contribution in [2.24, 2.45) is 0 Å². The maximum Gasteiger partial charge on any atom is 0.0221 e. The Hall–Kier alpha value is -0.0800. The van der Waals surface area contributed by atoms with Crippen molar-refractivity contribution in [3.05, 3.63) is 0 Å². The van der Waals surface area contributed by atoms with E-state index >= 15 is 0 Å². The van der Waals surface area contributed by atoms with Crippen molar-refractivity contribution in [3.8, 4) is 0 Å². The first-order valence-electron chi connectivity index (χ1n) is 7.75. The second-order valence-electron chi connectivity index (χ2n) is 5.50. The molecule has 0 aromatic rings. The fourth-order valence-electron chi connectivity index (χ4n) is 3.13. The molecule has 0 radical (unpaired) electrons. The highest BCUT2D eigenvalue weighted by molar-refractivity contribution is 4.88. The number of rotatable bonds is 7. The molecule has 0 aliphatic carbocycles. The number of hydrogen-bond donors (Lipinski definition) is 1. The summed E-state index contributed by atoms with van der Waals surface area (Å²) in [5.74, 6) is 0. The van der Waals surface area contributed by atoms with E-state index in [1.807, 2.05) is 0 Å². The van der Waals surface area contributed by atoms with Gasteiger partial charge in [-0.2, -0.15) is 0 Å². The zero-order valence-corrected chi connectivity index (χ0v) is 12.3. The van der Waals surface area contributed by atoms with Crippen LogP contribution in [0, 0.1) is 0 Å². The average Bonchev–Trinajstić information content (AvgIpc) is 2.37. The quantitative estimate of drug-likeness (QED) is 0.733. The third kappa shape index (κ3) is 4.26. The van der Waals surface area contributed by atoms with Gasteiger partial charge in [-0.25, -0.2) is 0 Å². The molecule has 2 atom stereocenters. The third-order valence-electron chi connectivity index (χ3n) is 4.22. The van der Waals surface area contributed by atoms with Crippen LogP contribution in [-0.4, -0.2) is 36.1 Å². The molecule has 2 unspecified atom stereocenters.